The maximum atomic E-state index is 14.9. The second-order valence-electron chi connectivity index (χ2n) is 14.7. The smallest absolute Gasteiger partial charge is 0.425 e. The van der Waals surface area contributed by atoms with Crippen molar-refractivity contribution < 1.29 is 55.3 Å². The van der Waals surface area contributed by atoms with Crippen molar-refractivity contribution in [3.63, 3.8) is 0 Å². The number of ether oxygens (including phenoxy) is 2. The Labute approximate surface area is 319 Å². The number of carbonyl (C=O) groups is 3. The van der Waals surface area contributed by atoms with Crippen molar-refractivity contribution in [2.75, 3.05) is 26.2 Å². The molecule has 2 fully saturated rings. The zero-order chi connectivity index (χ0) is 40.2. The van der Waals surface area contributed by atoms with E-state index in [9.17, 15) is 45.8 Å². The van der Waals surface area contributed by atoms with Crippen LogP contribution in [0.4, 0.5) is 26.3 Å². The summed E-state index contributed by atoms with van der Waals surface area (Å²) in [5.74, 6) is -2.09. The van der Waals surface area contributed by atoms with Crippen LogP contribution in [0.2, 0.25) is 0 Å². The zero-order valence-electron chi connectivity index (χ0n) is 30.8. The van der Waals surface area contributed by atoms with E-state index in [1.165, 1.54) is 4.90 Å². The molecule has 2 aliphatic rings. The van der Waals surface area contributed by atoms with Crippen LogP contribution in [0.15, 0.2) is 54.0 Å². The molecule has 55 heavy (non-hydrogen) atoms. The lowest BCUT2D eigenvalue weighted by molar-refractivity contribution is -0.160. The van der Waals surface area contributed by atoms with Crippen LogP contribution < -0.4 is 9.47 Å². The van der Waals surface area contributed by atoms with Gasteiger partial charge in [0, 0.05) is 43.7 Å². The molecule has 1 aromatic carbocycles. The molecule has 0 spiro atoms. The van der Waals surface area contributed by atoms with Crippen molar-refractivity contribution in [3.8, 4) is 11.5 Å². The number of amides is 2. The second-order valence-corrected chi connectivity index (χ2v) is 15.6. The quantitative estimate of drug-likeness (QED) is 0.136. The summed E-state index contributed by atoms with van der Waals surface area (Å²) in [6, 6.07) is 8.99. The third-order valence-electron chi connectivity index (χ3n) is 10.4. The van der Waals surface area contributed by atoms with E-state index in [1.807, 2.05) is 24.3 Å². The van der Waals surface area contributed by atoms with Gasteiger partial charge in [-0.2, -0.15) is 26.3 Å². The summed E-state index contributed by atoms with van der Waals surface area (Å²) in [6.45, 7) is 5.85. The summed E-state index contributed by atoms with van der Waals surface area (Å²) >= 11 is 0.394. The fourth-order valence-electron chi connectivity index (χ4n) is 7.49. The maximum absolute atomic E-state index is 14.9. The van der Waals surface area contributed by atoms with E-state index in [-0.39, 0.29) is 50.6 Å². The number of carboxylic acid groups (broad SMARTS) is 1. The number of thiophene rings is 1. The molecule has 2 atom stereocenters. The van der Waals surface area contributed by atoms with Gasteiger partial charge in [0.2, 0.25) is 5.60 Å². The molecule has 2 saturated heterocycles. The molecule has 4 heterocycles. The number of piperidine rings is 2. The second kappa shape index (κ2) is 16.8. The van der Waals surface area contributed by atoms with Gasteiger partial charge in [0.25, 0.3) is 11.8 Å². The van der Waals surface area contributed by atoms with E-state index in [1.54, 1.807) is 25.7 Å². The molecule has 0 aliphatic carbocycles. The Bertz CT molecular complexity index is 1820. The molecule has 0 bridgehead atoms. The van der Waals surface area contributed by atoms with E-state index < -0.39 is 63.3 Å². The summed E-state index contributed by atoms with van der Waals surface area (Å²) in [6.07, 6.45) is -5.92. The first-order chi connectivity index (χ1) is 25.9. The number of benzene rings is 1. The fourth-order valence-corrected chi connectivity index (χ4v) is 8.17. The molecular weight excluding hydrogens is 752 g/mol. The van der Waals surface area contributed by atoms with Gasteiger partial charge in [0.15, 0.2) is 0 Å². The molecule has 300 valence electrons. The van der Waals surface area contributed by atoms with Crippen molar-refractivity contribution in [2.45, 2.75) is 102 Å². The van der Waals surface area contributed by atoms with Gasteiger partial charge < -0.3 is 24.4 Å². The topological polar surface area (TPSA) is 109 Å². The van der Waals surface area contributed by atoms with Crippen molar-refractivity contribution in [3.05, 3.63) is 75.7 Å². The van der Waals surface area contributed by atoms with Crippen LogP contribution >= 0.6 is 11.3 Å². The molecule has 9 nitrogen and oxygen atoms in total. The summed E-state index contributed by atoms with van der Waals surface area (Å²) in [4.78, 5) is 46.0. The molecule has 1 N–H and O–H groups in total. The molecule has 5 rings (SSSR count). The fraction of sp³-hybridized carbons (Fsp3) is 0.538. The standard InChI is InChI=1S/C39H45F6N3O6S/c1-4-10-30-37(54-26-23-31(55-24-26)39(43,44)45,17-8-19-48(30)33(49)32-28(38(40,41)42)12-7-18-46-32)34(50)47-20-14-25(15-21-47)27-11-5-6-13-29(27)53-22-9-16-36(2,3)35(51)52/h5-7,11-13,18,23-25,30H,4,8-10,14-17,19-22H2,1-3H3,(H,51,52)/t30-,37+/m1/s1. The van der Waals surface area contributed by atoms with Crippen molar-refractivity contribution in [1.82, 2.24) is 14.8 Å². The molecule has 3 aromatic rings. The first-order valence-electron chi connectivity index (χ1n) is 18.3. The third kappa shape index (κ3) is 9.38. The summed E-state index contributed by atoms with van der Waals surface area (Å²) in [5, 5.41) is 10.6. The van der Waals surface area contributed by atoms with Crippen LogP contribution in [0.25, 0.3) is 0 Å². The highest BCUT2D eigenvalue weighted by Crippen LogP contribution is 2.44. The van der Waals surface area contributed by atoms with Crippen molar-refractivity contribution in [1.29, 1.82) is 0 Å². The number of aromatic nitrogens is 1. The zero-order valence-corrected chi connectivity index (χ0v) is 31.7. The van der Waals surface area contributed by atoms with Gasteiger partial charge in [0.05, 0.1) is 23.6 Å². The Morgan fingerprint density at radius 3 is 2.35 bits per heavy atom. The van der Waals surface area contributed by atoms with Gasteiger partial charge in [-0.25, -0.2) is 0 Å². The van der Waals surface area contributed by atoms with Gasteiger partial charge in [0.1, 0.15) is 22.1 Å². The molecule has 2 aliphatic heterocycles. The molecule has 0 unspecified atom stereocenters. The highest BCUT2D eigenvalue weighted by atomic mass is 32.1. The molecule has 2 aromatic heterocycles. The van der Waals surface area contributed by atoms with E-state index in [2.05, 4.69) is 4.98 Å². The minimum atomic E-state index is -4.89. The van der Waals surface area contributed by atoms with E-state index in [0.29, 0.717) is 55.8 Å². The highest BCUT2D eigenvalue weighted by Gasteiger charge is 2.56. The molecule has 0 saturated carbocycles. The number of nitrogens with zero attached hydrogens (tertiary/aromatic N) is 3. The Morgan fingerprint density at radius 1 is 1.00 bits per heavy atom. The Hall–Kier alpha value is -4.34. The average molecular weight is 798 g/mol. The monoisotopic (exact) mass is 797 g/mol. The maximum Gasteiger partial charge on any atom is 0.425 e. The third-order valence-corrected chi connectivity index (χ3v) is 11.4. The number of alkyl halides is 6. The lowest BCUT2D eigenvalue weighted by Crippen LogP contribution is -2.68. The van der Waals surface area contributed by atoms with Crippen LogP contribution in [0.3, 0.4) is 0 Å². The molecule has 16 heteroatoms. The van der Waals surface area contributed by atoms with Gasteiger partial charge >= 0.3 is 18.3 Å². The Balaban J connectivity index is 1.42. The van der Waals surface area contributed by atoms with Gasteiger partial charge in [-0.3, -0.25) is 19.4 Å². The predicted molar refractivity (Wildman–Crippen MR) is 192 cm³/mol. The van der Waals surface area contributed by atoms with E-state index in [0.717, 1.165) is 35.3 Å². The van der Waals surface area contributed by atoms with Crippen LogP contribution in [0.5, 0.6) is 11.5 Å². The number of carbonyl (C=O) groups excluding carboxylic acids is 2. The summed E-state index contributed by atoms with van der Waals surface area (Å²) in [5.41, 5.74) is -3.94. The summed E-state index contributed by atoms with van der Waals surface area (Å²) < 4.78 is 95.6. The SMILES string of the molecule is CCC[C@H]1N(C(=O)c2ncccc2C(F)(F)F)CCC[C@@]1(Oc1csc(C(F)(F)F)c1)C(=O)N1CCC(c2ccccc2OCCCC(C)(C)C(=O)O)CC1. The van der Waals surface area contributed by atoms with E-state index in [4.69, 9.17) is 9.47 Å². The molecular formula is C39H45F6N3O6S. The molecule has 0 radical (unpaired) electrons. The van der Waals surface area contributed by atoms with Gasteiger partial charge in [-0.15, -0.1) is 11.3 Å². The number of rotatable bonds is 13. The first kappa shape index (κ1) is 41.8. The minimum absolute atomic E-state index is 0.0140. The number of hydrogen-bond acceptors (Lipinski definition) is 7. The Kier molecular flexibility index (Phi) is 12.8. The number of hydrogen-bond donors (Lipinski definition) is 1. The number of aliphatic carboxylic acids is 1. The highest BCUT2D eigenvalue weighted by molar-refractivity contribution is 7.10. The number of halogens is 6. The number of pyridine rings is 1. The lowest BCUT2D eigenvalue weighted by Gasteiger charge is -2.50. The number of likely N-dealkylation sites (tertiary alicyclic amines) is 2. The van der Waals surface area contributed by atoms with Crippen molar-refractivity contribution in [2.24, 2.45) is 5.41 Å². The minimum Gasteiger partial charge on any atom is -0.493 e. The predicted octanol–water partition coefficient (Wildman–Crippen LogP) is 9.08. The van der Waals surface area contributed by atoms with Crippen molar-refractivity contribution >= 4 is 29.1 Å². The normalized spacial score (nSPS) is 20.0. The lowest BCUT2D eigenvalue weighted by atomic mass is 9.79. The van der Waals surface area contributed by atoms with Gasteiger partial charge in [-0.05, 0) is 82.1 Å². The average Bonchev–Trinajstić information content (AvgIpc) is 3.63. The van der Waals surface area contributed by atoms with Crippen LogP contribution in [0.1, 0.15) is 105 Å². The summed E-state index contributed by atoms with van der Waals surface area (Å²) in [7, 11) is 0. The van der Waals surface area contributed by atoms with Crippen LogP contribution in [0, 0.1) is 5.41 Å². The number of carboxylic acids is 1. The van der Waals surface area contributed by atoms with Crippen LogP contribution in [-0.4, -0.2) is 75.6 Å². The van der Waals surface area contributed by atoms with Gasteiger partial charge in [-0.1, -0.05) is 31.5 Å². The largest absolute Gasteiger partial charge is 0.493 e. The van der Waals surface area contributed by atoms with Crippen LogP contribution in [-0.2, 0) is 21.9 Å². The number of para-hydroxylation sites is 1. The Morgan fingerprint density at radius 2 is 1.71 bits per heavy atom. The first-order valence-corrected chi connectivity index (χ1v) is 19.2. The van der Waals surface area contributed by atoms with E-state index >= 15 is 0 Å². The molecule has 2 amide bonds.